The van der Waals surface area contributed by atoms with E-state index < -0.39 is 17.8 Å². The fourth-order valence-electron chi connectivity index (χ4n) is 3.15. The Kier molecular flexibility index (Phi) is 6.76. The van der Waals surface area contributed by atoms with E-state index in [-0.39, 0.29) is 17.4 Å². The molecular weight excluding hydrogens is 307 g/mol. The first-order valence-electron chi connectivity index (χ1n) is 8.82. The van der Waals surface area contributed by atoms with Crippen molar-refractivity contribution in [2.24, 2.45) is 11.8 Å². The Balaban J connectivity index is 1.94. The zero-order chi connectivity index (χ0) is 17.5. The normalized spacial score (nSPS) is 16.7. The van der Waals surface area contributed by atoms with Crippen molar-refractivity contribution in [1.82, 2.24) is 10.6 Å². The fraction of sp³-hybridized carbons (Fsp3) is 0.579. The highest BCUT2D eigenvalue weighted by atomic mass is 19.1. The van der Waals surface area contributed by atoms with Gasteiger partial charge in [0.2, 0.25) is 5.91 Å². The molecule has 0 bridgehead atoms. The molecule has 4 nitrogen and oxygen atoms in total. The van der Waals surface area contributed by atoms with Gasteiger partial charge in [0.1, 0.15) is 11.9 Å². The first-order valence-corrected chi connectivity index (χ1v) is 8.82. The molecule has 2 rings (SSSR count). The molecule has 1 aromatic carbocycles. The van der Waals surface area contributed by atoms with Crippen molar-refractivity contribution < 1.29 is 14.0 Å². The third kappa shape index (κ3) is 5.05. The molecule has 2 amide bonds. The minimum Gasteiger partial charge on any atom is -0.354 e. The maximum Gasteiger partial charge on any atom is 0.254 e. The molecule has 1 saturated carbocycles. The van der Waals surface area contributed by atoms with Crippen LogP contribution in [0.1, 0.15) is 56.3 Å². The molecule has 24 heavy (non-hydrogen) atoms. The van der Waals surface area contributed by atoms with Crippen molar-refractivity contribution in [2.45, 2.75) is 52.0 Å². The summed E-state index contributed by atoms with van der Waals surface area (Å²) in [6, 6.07) is 5.12. The second kappa shape index (κ2) is 8.81. The van der Waals surface area contributed by atoms with Crippen molar-refractivity contribution in [2.75, 3.05) is 6.54 Å². The fourth-order valence-corrected chi connectivity index (χ4v) is 3.15. The SMILES string of the molecule is CC(C)C(NC(=O)c1ccccc1F)C(=O)NCC1CCCCC1. The number of carbonyl (C=O) groups is 2. The van der Waals surface area contributed by atoms with E-state index in [2.05, 4.69) is 10.6 Å². The molecule has 0 heterocycles. The van der Waals surface area contributed by atoms with Crippen LogP contribution in [0.4, 0.5) is 4.39 Å². The average Bonchev–Trinajstić information content (AvgIpc) is 2.58. The summed E-state index contributed by atoms with van der Waals surface area (Å²) in [6.07, 6.45) is 6.01. The molecule has 0 saturated heterocycles. The molecule has 1 atom stereocenters. The van der Waals surface area contributed by atoms with Gasteiger partial charge in [-0.1, -0.05) is 45.2 Å². The Morgan fingerprint density at radius 1 is 1.17 bits per heavy atom. The van der Waals surface area contributed by atoms with Crippen LogP contribution in [0.3, 0.4) is 0 Å². The monoisotopic (exact) mass is 334 g/mol. The van der Waals surface area contributed by atoms with Crippen molar-refractivity contribution in [3.63, 3.8) is 0 Å². The highest BCUT2D eigenvalue weighted by molar-refractivity contribution is 5.97. The number of halogens is 1. The topological polar surface area (TPSA) is 58.2 Å². The van der Waals surface area contributed by atoms with Gasteiger partial charge in [-0.25, -0.2) is 4.39 Å². The lowest BCUT2D eigenvalue weighted by Gasteiger charge is -2.25. The Morgan fingerprint density at radius 2 is 1.83 bits per heavy atom. The van der Waals surface area contributed by atoms with Crippen LogP contribution < -0.4 is 10.6 Å². The van der Waals surface area contributed by atoms with Crippen molar-refractivity contribution in [1.29, 1.82) is 0 Å². The summed E-state index contributed by atoms with van der Waals surface area (Å²) in [7, 11) is 0. The summed E-state index contributed by atoms with van der Waals surface area (Å²) >= 11 is 0. The summed E-state index contributed by atoms with van der Waals surface area (Å²) in [4.78, 5) is 24.7. The van der Waals surface area contributed by atoms with Crippen LogP contribution in [0.2, 0.25) is 0 Å². The molecule has 1 unspecified atom stereocenters. The number of amides is 2. The highest BCUT2D eigenvalue weighted by Crippen LogP contribution is 2.22. The van der Waals surface area contributed by atoms with E-state index in [9.17, 15) is 14.0 Å². The maximum absolute atomic E-state index is 13.7. The summed E-state index contributed by atoms with van der Waals surface area (Å²) < 4.78 is 13.7. The summed E-state index contributed by atoms with van der Waals surface area (Å²) in [5.41, 5.74) is -0.0387. The number of hydrogen-bond acceptors (Lipinski definition) is 2. The predicted octanol–water partition coefficient (Wildman–Crippen LogP) is 3.28. The largest absolute Gasteiger partial charge is 0.354 e. The van der Waals surface area contributed by atoms with Gasteiger partial charge in [-0.15, -0.1) is 0 Å². The lowest BCUT2D eigenvalue weighted by Crippen LogP contribution is -2.50. The summed E-state index contributed by atoms with van der Waals surface area (Å²) in [6.45, 7) is 4.39. The van der Waals surface area contributed by atoms with E-state index in [0.717, 1.165) is 12.8 Å². The third-order valence-corrected chi connectivity index (χ3v) is 4.64. The van der Waals surface area contributed by atoms with Gasteiger partial charge >= 0.3 is 0 Å². The Labute approximate surface area is 143 Å². The van der Waals surface area contributed by atoms with Gasteiger partial charge in [-0.2, -0.15) is 0 Å². The average molecular weight is 334 g/mol. The highest BCUT2D eigenvalue weighted by Gasteiger charge is 2.26. The first kappa shape index (κ1) is 18.4. The number of nitrogens with one attached hydrogen (secondary N) is 2. The first-order chi connectivity index (χ1) is 11.5. The van der Waals surface area contributed by atoms with Gasteiger partial charge in [0.25, 0.3) is 5.91 Å². The molecule has 1 aromatic rings. The zero-order valence-electron chi connectivity index (χ0n) is 14.5. The van der Waals surface area contributed by atoms with Crippen LogP contribution in [0, 0.1) is 17.7 Å². The van der Waals surface area contributed by atoms with E-state index in [1.807, 2.05) is 13.8 Å². The summed E-state index contributed by atoms with van der Waals surface area (Å²) in [5, 5.41) is 5.63. The van der Waals surface area contributed by atoms with Gasteiger partial charge < -0.3 is 10.6 Å². The molecular formula is C19H27FN2O2. The smallest absolute Gasteiger partial charge is 0.254 e. The van der Waals surface area contributed by atoms with Crippen LogP contribution in [-0.2, 0) is 4.79 Å². The van der Waals surface area contributed by atoms with E-state index in [1.54, 1.807) is 6.07 Å². The lowest BCUT2D eigenvalue weighted by atomic mass is 9.89. The van der Waals surface area contributed by atoms with Crippen molar-refractivity contribution in [3.05, 3.63) is 35.6 Å². The van der Waals surface area contributed by atoms with E-state index in [0.29, 0.717) is 12.5 Å². The second-order valence-corrected chi connectivity index (χ2v) is 6.92. The molecule has 1 aliphatic carbocycles. The Hall–Kier alpha value is -1.91. The quantitative estimate of drug-likeness (QED) is 0.839. The second-order valence-electron chi connectivity index (χ2n) is 6.92. The predicted molar refractivity (Wildman–Crippen MR) is 92.1 cm³/mol. The van der Waals surface area contributed by atoms with Crippen LogP contribution in [0.15, 0.2) is 24.3 Å². The maximum atomic E-state index is 13.7. The number of benzene rings is 1. The van der Waals surface area contributed by atoms with Gasteiger partial charge in [0.05, 0.1) is 5.56 Å². The van der Waals surface area contributed by atoms with Crippen LogP contribution in [0.5, 0.6) is 0 Å². The molecule has 0 aliphatic heterocycles. The number of carbonyl (C=O) groups excluding carboxylic acids is 2. The van der Waals surface area contributed by atoms with Gasteiger partial charge in [0, 0.05) is 6.54 Å². The molecule has 5 heteroatoms. The standard InChI is InChI=1S/C19H27FN2O2/c1-13(2)17(19(24)21-12-14-8-4-3-5-9-14)22-18(23)15-10-6-7-11-16(15)20/h6-7,10-11,13-14,17H,3-5,8-9,12H2,1-2H3,(H,21,24)(H,22,23). The number of rotatable bonds is 6. The third-order valence-electron chi connectivity index (χ3n) is 4.64. The zero-order valence-corrected chi connectivity index (χ0v) is 14.5. The van der Waals surface area contributed by atoms with Crippen molar-refractivity contribution in [3.8, 4) is 0 Å². The Bertz CT molecular complexity index is 568. The van der Waals surface area contributed by atoms with E-state index in [1.165, 1.54) is 37.5 Å². The minimum absolute atomic E-state index is 0.0387. The molecule has 0 radical (unpaired) electrons. The van der Waals surface area contributed by atoms with Gasteiger partial charge in [-0.05, 0) is 36.8 Å². The van der Waals surface area contributed by atoms with Crippen LogP contribution >= 0.6 is 0 Å². The van der Waals surface area contributed by atoms with Crippen molar-refractivity contribution >= 4 is 11.8 Å². The number of hydrogen-bond donors (Lipinski definition) is 2. The van der Waals surface area contributed by atoms with Gasteiger partial charge in [0.15, 0.2) is 0 Å². The lowest BCUT2D eigenvalue weighted by molar-refractivity contribution is -0.124. The Morgan fingerprint density at radius 3 is 2.46 bits per heavy atom. The van der Waals surface area contributed by atoms with E-state index in [4.69, 9.17) is 0 Å². The van der Waals surface area contributed by atoms with Crippen LogP contribution in [0.25, 0.3) is 0 Å². The summed E-state index contributed by atoms with van der Waals surface area (Å²) in [5.74, 6) is -0.884. The molecule has 0 spiro atoms. The molecule has 1 aliphatic rings. The molecule has 132 valence electrons. The van der Waals surface area contributed by atoms with Crippen LogP contribution in [-0.4, -0.2) is 24.4 Å². The molecule has 2 N–H and O–H groups in total. The molecule has 0 aromatic heterocycles. The van der Waals surface area contributed by atoms with Gasteiger partial charge in [-0.3, -0.25) is 9.59 Å². The van der Waals surface area contributed by atoms with E-state index >= 15 is 0 Å². The minimum atomic E-state index is -0.666. The molecule has 1 fully saturated rings.